The molecule has 0 aliphatic carbocycles. The number of aliphatic hydroxyl groups is 1. The molecule has 1 unspecified atom stereocenters. The predicted molar refractivity (Wildman–Crippen MR) is 78.3 cm³/mol. The predicted octanol–water partition coefficient (Wildman–Crippen LogP) is 1.83. The first-order chi connectivity index (χ1) is 9.35. The molecule has 106 valence electrons. The molecule has 1 atom stereocenters. The SMILES string of the molecule is CNC(CSCCCO)c1ccc2c(c1)OCCO2. The molecule has 5 heteroatoms. The molecule has 1 heterocycles. The van der Waals surface area contributed by atoms with E-state index in [-0.39, 0.29) is 6.61 Å². The first-order valence-electron chi connectivity index (χ1n) is 6.60. The van der Waals surface area contributed by atoms with Gasteiger partial charge in [0.1, 0.15) is 13.2 Å². The molecule has 0 fully saturated rings. The molecule has 1 aliphatic heterocycles. The van der Waals surface area contributed by atoms with Gasteiger partial charge in [-0.2, -0.15) is 11.8 Å². The zero-order valence-corrected chi connectivity index (χ0v) is 12.0. The number of hydrogen-bond donors (Lipinski definition) is 2. The maximum atomic E-state index is 8.78. The quantitative estimate of drug-likeness (QED) is 0.748. The van der Waals surface area contributed by atoms with Crippen molar-refractivity contribution in [2.24, 2.45) is 0 Å². The van der Waals surface area contributed by atoms with Crippen LogP contribution in [0.3, 0.4) is 0 Å². The summed E-state index contributed by atoms with van der Waals surface area (Å²) in [6.45, 7) is 1.51. The molecule has 0 saturated heterocycles. The molecule has 4 nitrogen and oxygen atoms in total. The second kappa shape index (κ2) is 7.62. The molecule has 0 amide bonds. The lowest BCUT2D eigenvalue weighted by Crippen LogP contribution is -2.20. The summed E-state index contributed by atoms with van der Waals surface area (Å²) >= 11 is 1.85. The van der Waals surface area contributed by atoms with Crippen LogP contribution in [-0.2, 0) is 0 Å². The number of hydrogen-bond acceptors (Lipinski definition) is 5. The van der Waals surface area contributed by atoms with Crippen LogP contribution in [0.4, 0.5) is 0 Å². The highest BCUT2D eigenvalue weighted by Crippen LogP contribution is 2.33. The van der Waals surface area contributed by atoms with Gasteiger partial charge in [-0.15, -0.1) is 0 Å². The molecule has 1 aromatic rings. The second-order valence-corrected chi connectivity index (χ2v) is 5.55. The molecule has 1 aromatic carbocycles. The van der Waals surface area contributed by atoms with E-state index in [1.807, 2.05) is 24.9 Å². The lowest BCUT2D eigenvalue weighted by Gasteiger charge is -2.22. The molecular formula is C14H21NO3S. The third-order valence-corrected chi connectivity index (χ3v) is 4.19. The smallest absolute Gasteiger partial charge is 0.161 e. The number of nitrogens with one attached hydrogen (secondary N) is 1. The van der Waals surface area contributed by atoms with Gasteiger partial charge in [-0.1, -0.05) is 6.07 Å². The number of benzene rings is 1. The van der Waals surface area contributed by atoms with Crippen LogP contribution in [-0.4, -0.2) is 43.5 Å². The Balaban J connectivity index is 1.97. The van der Waals surface area contributed by atoms with E-state index in [0.717, 1.165) is 29.4 Å². The molecule has 19 heavy (non-hydrogen) atoms. The van der Waals surface area contributed by atoms with Crippen LogP contribution >= 0.6 is 11.8 Å². The average molecular weight is 283 g/mol. The summed E-state index contributed by atoms with van der Waals surface area (Å²) < 4.78 is 11.1. The van der Waals surface area contributed by atoms with E-state index in [4.69, 9.17) is 14.6 Å². The highest BCUT2D eigenvalue weighted by atomic mass is 32.2. The van der Waals surface area contributed by atoms with Gasteiger partial charge in [0.15, 0.2) is 11.5 Å². The van der Waals surface area contributed by atoms with Gasteiger partial charge < -0.3 is 19.9 Å². The van der Waals surface area contributed by atoms with Crippen LogP contribution < -0.4 is 14.8 Å². The Hall–Kier alpha value is -0.910. The van der Waals surface area contributed by atoms with Crippen molar-refractivity contribution in [1.82, 2.24) is 5.32 Å². The van der Waals surface area contributed by atoms with Crippen LogP contribution in [0.15, 0.2) is 18.2 Å². The van der Waals surface area contributed by atoms with Gasteiger partial charge in [-0.3, -0.25) is 0 Å². The second-order valence-electron chi connectivity index (χ2n) is 4.40. The molecule has 0 bridgehead atoms. The van der Waals surface area contributed by atoms with Crippen molar-refractivity contribution in [1.29, 1.82) is 0 Å². The Morgan fingerprint density at radius 1 is 1.32 bits per heavy atom. The number of aliphatic hydroxyl groups excluding tert-OH is 1. The number of rotatable bonds is 7. The minimum absolute atomic E-state index is 0.265. The van der Waals surface area contributed by atoms with Crippen molar-refractivity contribution in [3.63, 3.8) is 0 Å². The molecule has 0 aromatic heterocycles. The van der Waals surface area contributed by atoms with Gasteiger partial charge in [0.2, 0.25) is 0 Å². The highest BCUT2D eigenvalue weighted by Gasteiger charge is 2.15. The van der Waals surface area contributed by atoms with E-state index in [1.54, 1.807) is 0 Å². The monoisotopic (exact) mass is 283 g/mol. The molecule has 2 N–H and O–H groups in total. The molecule has 2 rings (SSSR count). The molecular weight excluding hydrogens is 262 g/mol. The van der Waals surface area contributed by atoms with Crippen molar-refractivity contribution < 1.29 is 14.6 Å². The Bertz CT molecular complexity index is 400. The minimum Gasteiger partial charge on any atom is -0.486 e. The van der Waals surface area contributed by atoms with Gasteiger partial charge >= 0.3 is 0 Å². The summed E-state index contributed by atoms with van der Waals surface area (Å²) in [7, 11) is 1.97. The van der Waals surface area contributed by atoms with Crippen LogP contribution in [0.2, 0.25) is 0 Å². The van der Waals surface area contributed by atoms with Crippen LogP contribution in [0.5, 0.6) is 11.5 Å². The van der Waals surface area contributed by atoms with E-state index < -0.39 is 0 Å². The van der Waals surface area contributed by atoms with Crippen molar-refractivity contribution in [2.75, 3.05) is 38.4 Å². The Kier molecular flexibility index (Phi) is 5.82. The topological polar surface area (TPSA) is 50.7 Å². The van der Waals surface area contributed by atoms with E-state index in [0.29, 0.717) is 19.3 Å². The third-order valence-electron chi connectivity index (χ3n) is 3.05. The van der Waals surface area contributed by atoms with Crippen LogP contribution in [0, 0.1) is 0 Å². The molecule has 1 aliphatic rings. The number of thioether (sulfide) groups is 1. The third kappa shape index (κ3) is 4.03. The van der Waals surface area contributed by atoms with E-state index in [2.05, 4.69) is 17.4 Å². The molecule has 0 spiro atoms. The Labute approximate surface area is 118 Å². The van der Waals surface area contributed by atoms with Gasteiger partial charge in [0.05, 0.1) is 0 Å². The lowest BCUT2D eigenvalue weighted by atomic mass is 10.1. The van der Waals surface area contributed by atoms with E-state index >= 15 is 0 Å². The number of fused-ring (bicyclic) bond motifs is 1. The summed E-state index contributed by atoms with van der Waals surface area (Å²) in [4.78, 5) is 0. The largest absolute Gasteiger partial charge is 0.486 e. The molecule has 0 radical (unpaired) electrons. The van der Waals surface area contributed by atoms with Crippen LogP contribution in [0.1, 0.15) is 18.0 Å². The zero-order chi connectivity index (χ0) is 13.5. The van der Waals surface area contributed by atoms with Gasteiger partial charge in [-0.25, -0.2) is 0 Å². The standard InChI is InChI=1S/C14H21NO3S/c1-15-12(10-19-8-2-5-16)11-3-4-13-14(9-11)18-7-6-17-13/h3-4,9,12,15-16H,2,5-8,10H2,1H3. The Morgan fingerprint density at radius 2 is 2.11 bits per heavy atom. The highest BCUT2D eigenvalue weighted by molar-refractivity contribution is 7.99. The maximum Gasteiger partial charge on any atom is 0.161 e. The fourth-order valence-corrected chi connectivity index (χ4v) is 3.09. The normalized spacial score (nSPS) is 15.3. The van der Waals surface area contributed by atoms with Crippen molar-refractivity contribution >= 4 is 11.8 Å². The minimum atomic E-state index is 0.265. The Morgan fingerprint density at radius 3 is 2.84 bits per heavy atom. The van der Waals surface area contributed by atoms with Crippen LogP contribution in [0.25, 0.3) is 0 Å². The maximum absolute atomic E-state index is 8.78. The van der Waals surface area contributed by atoms with E-state index in [1.165, 1.54) is 5.56 Å². The van der Waals surface area contributed by atoms with E-state index in [9.17, 15) is 0 Å². The fraction of sp³-hybridized carbons (Fsp3) is 0.571. The summed E-state index contributed by atoms with van der Waals surface area (Å²) in [6, 6.07) is 6.41. The summed E-state index contributed by atoms with van der Waals surface area (Å²) in [5.41, 5.74) is 1.21. The molecule has 0 saturated carbocycles. The fourth-order valence-electron chi connectivity index (χ4n) is 1.99. The summed E-state index contributed by atoms with van der Waals surface area (Å²) in [6.07, 6.45) is 0.849. The zero-order valence-electron chi connectivity index (χ0n) is 11.2. The van der Waals surface area contributed by atoms with Crippen molar-refractivity contribution in [2.45, 2.75) is 12.5 Å². The van der Waals surface area contributed by atoms with Gasteiger partial charge in [-0.05, 0) is 36.9 Å². The first-order valence-corrected chi connectivity index (χ1v) is 7.76. The lowest BCUT2D eigenvalue weighted by molar-refractivity contribution is 0.171. The van der Waals surface area contributed by atoms with Crippen molar-refractivity contribution in [3.8, 4) is 11.5 Å². The summed E-state index contributed by atoms with van der Waals surface area (Å²) in [5, 5.41) is 12.1. The van der Waals surface area contributed by atoms with Gasteiger partial charge in [0, 0.05) is 18.4 Å². The average Bonchev–Trinajstić information content (AvgIpc) is 2.47. The first kappa shape index (κ1) is 14.5. The van der Waals surface area contributed by atoms with Crippen molar-refractivity contribution in [3.05, 3.63) is 23.8 Å². The summed E-state index contributed by atoms with van der Waals surface area (Å²) in [5.74, 6) is 3.64. The van der Waals surface area contributed by atoms with Gasteiger partial charge in [0.25, 0.3) is 0 Å². The number of ether oxygens (including phenoxy) is 2.